The summed E-state index contributed by atoms with van der Waals surface area (Å²) in [5.74, 6) is 0.718. The number of aromatic nitrogens is 2. The van der Waals surface area contributed by atoms with Crippen LogP contribution in [0.3, 0.4) is 0 Å². The molecular weight excluding hydrogens is 325 g/mol. The number of ether oxygens (including phenoxy) is 1. The second-order valence-electron chi connectivity index (χ2n) is 4.42. The highest BCUT2D eigenvalue weighted by molar-refractivity contribution is 8.01. The van der Waals surface area contributed by atoms with Gasteiger partial charge in [-0.1, -0.05) is 30.0 Å². The van der Waals surface area contributed by atoms with E-state index in [1.54, 1.807) is 18.7 Å². The van der Waals surface area contributed by atoms with Crippen molar-refractivity contribution in [1.82, 2.24) is 10.2 Å². The predicted octanol–water partition coefficient (Wildman–Crippen LogP) is 3.59. The molecule has 0 aliphatic heterocycles. The molecule has 0 spiro atoms. The van der Waals surface area contributed by atoms with Gasteiger partial charge in [0.15, 0.2) is 10.4 Å². The molecule has 0 saturated carbocycles. The number of benzene rings is 1. The van der Waals surface area contributed by atoms with E-state index in [0.29, 0.717) is 10.9 Å². The van der Waals surface area contributed by atoms with Crippen LogP contribution in [-0.4, -0.2) is 28.0 Å². The average Bonchev–Trinajstić information content (AvgIpc) is 2.95. The van der Waals surface area contributed by atoms with Gasteiger partial charge in [-0.05, 0) is 37.6 Å². The third-order valence-electron chi connectivity index (χ3n) is 2.56. The number of amides is 1. The molecule has 118 valence electrons. The summed E-state index contributed by atoms with van der Waals surface area (Å²) in [6.07, 6.45) is 0.329. The fourth-order valence-electron chi connectivity index (χ4n) is 1.49. The maximum absolute atomic E-state index is 12.8. The number of hydrogen-bond acceptors (Lipinski definition) is 6. The van der Waals surface area contributed by atoms with Crippen molar-refractivity contribution in [1.29, 1.82) is 0 Å². The summed E-state index contributed by atoms with van der Waals surface area (Å²) in [4.78, 5) is 12.0. The number of carbonyl (C=O) groups is 1. The minimum absolute atomic E-state index is 0.326. The second-order valence-corrected chi connectivity index (χ2v) is 6.74. The smallest absolute Gasteiger partial charge is 0.266 e. The van der Waals surface area contributed by atoms with Crippen molar-refractivity contribution in [3.8, 4) is 5.75 Å². The first-order valence-electron chi connectivity index (χ1n) is 6.78. The van der Waals surface area contributed by atoms with Crippen molar-refractivity contribution >= 4 is 34.1 Å². The number of rotatable bonds is 7. The van der Waals surface area contributed by atoms with Crippen LogP contribution in [0.4, 0.5) is 9.52 Å². The molecule has 1 aromatic heterocycles. The van der Waals surface area contributed by atoms with Crippen molar-refractivity contribution in [2.45, 2.75) is 30.7 Å². The highest BCUT2D eigenvalue weighted by Gasteiger charge is 2.17. The van der Waals surface area contributed by atoms with Gasteiger partial charge in [0, 0.05) is 5.75 Å². The molecule has 0 radical (unpaired) electrons. The van der Waals surface area contributed by atoms with E-state index in [1.807, 2.05) is 0 Å². The zero-order chi connectivity index (χ0) is 15.9. The molecule has 0 fully saturated rings. The number of anilines is 1. The number of carbonyl (C=O) groups excluding carboxylic acids is 1. The molecule has 1 atom stereocenters. The second kappa shape index (κ2) is 8.09. The fourth-order valence-corrected chi connectivity index (χ4v) is 3.17. The summed E-state index contributed by atoms with van der Waals surface area (Å²) in [5, 5.41) is 11.0. The Labute approximate surface area is 136 Å². The Kier molecular flexibility index (Phi) is 6.14. The van der Waals surface area contributed by atoms with Crippen molar-refractivity contribution in [2.75, 3.05) is 11.1 Å². The Hall–Kier alpha value is -1.67. The summed E-state index contributed by atoms with van der Waals surface area (Å²) in [5.41, 5.74) is 0. The van der Waals surface area contributed by atoms with Gasteiger partial charge in [-0.3, -0.25) is 10.1 Å². The average molecular weight is 341 g/mol. The van der Waals surface area contributed by atoms with E-state index in [-0.39, 0.29) is 11.7 Å². The number of nitrogens with zero attached hydrogens (tertiary/aromatic N) is 2. The van der Waals surface area contributed by atoms with Gasteiger partial charge in [-0.2, -0.15) is 0 Å². The maximum Gasteiger partial charge on any atom is 0.266 e. The lowest BCUT2D eigenvalue weighted by Gasteiger charge is -2.13. The van der Waals surface area contributed by atoms with Crippen molar-refractivity contribution in [3.63, 3.8) is 0 Å². The summed E-state index contributed by atoms with van der Waals surface area (Å²) in [6, 6.07) is 5.51. The van der Waals surface area contributed by atoms with Crippen molar-refractivity contribution in [2.24, 2.45) is 0 Å². The summed E-state index contributed by atoms with van der Waals surface area (Å²) in [6.45, 7) is 3.71. The quantitative estimate of drug-likeness (QED) is 0.616. The van der Waals surface area contributed by atoms with Crippen LogP contribution < -0.4 is 10.1 Å². The molecule has 1 aromatic carbocycles. The molecule has 0 aliphatic carbocycles. The first-order chi connectivity index (χ1) is 10.6. The SMILES string of the molecule is CCCSc1nnc(NC(=O)[C@H](C)Oc2ccc(F)cc2)s1. The van der Waals surface area contributed by atoms with E-state index in [9.17, 15) is 9.18 Å². The van der Waals surface area contributed by atoms with Gasteiger partial charge >= 0.3 is 0 Å². The van der Waals surface area contributed by atoms with Crippen LogP contribution in [0.15, 0.2) is 28.6 Å². The number of hydrogen-bond donors (Lipinski definition) is 1. The van der Waals surface area contributed by atoms with Gasteiger partial charge in [-0.25, -0.2) is 4.39 Å². The molecule has 0 aliphatic rings. The van der Waals surface area contributed by atoms with E-state index in [0.717, 1.165) is 16.5 Å². The van der Waals surface area contributed by atoms with Gasteiger partial charge in [0.25, 0.3) is 5.91 Å². The number of nitrogens with one attached hydrogen (secondary N) is 1. The topological polar surface area (TPSA) is 64.1 Å². The Bertz CT molecular complexity index is 619. The lowest BCUT2D eigenvalue weighted by molar-refractivity contribution is -0.122. The molecule has 22 heavy (non-hydrogen) atoms. The van der Waals surface area contributed by atoms with E-state index < -0.39 is 6.10 Å². The minimum Gasteiger partial charge on any atom is -0.481 e. The Morgan fingerprint density at radius 2 is 2.14 bits per heavy atom. The lowest BCUT2D eigenvalue weighted by atomic mass is 10.3. The van der Waals surface area contributed by atoms with Gasteiger partial charge in [0.05, 0.1) is 0 Å². The minimum atomic E-state index is -0.721. The third-order valence-corrected chi connectivity index (χ3v) is 4.74. The Balaban J connectivity index is 1.88. The molecular formula is C14H16FN3O2S2. The summed E-state index contributed by atoms with van der Waals surface area (Å²) in [7, 11) is 0. The third kappa shape index (κ3) is 4.96. The molecule has 1 heterocycles. The number of halogens is 1. The summed E-state index contributed by atoms with van der Waals surface area (Å²) < 4.78 is 19.1. The first-order valence-corrected chi connectivity index (χ1v) is 8.58. The van der Waals surface area contributed by atoms with Crippen LogP contribution in [0, 0.1) is 5.82 Å². The van der Waals surface area contributed by atoms with Crippen molar-refractivity contribution in [3.05, 3.63) is 30.1 Å². The molecule has 0 bridgehead atoms. The van der Waals surface area contributed by atoms with Gasteiger partial charge in [0.2, 0.25) is 5.13 Å². The highest BCUT2D eigenvalue weighted by atomic mass is 32.2. The zero-order valence-corrected chi connectivity index (χ0v) is 13.8. The summed E-state index contributed by atoms with van der Waals surface area (Å²) >= 11 is 2.94. The van der Waals surface area contributed by atoms with Crippen LogP contribution >= 0.6 is 23.1 Å². The van der Waals surface area contributed by atoms with Gasteiger partial charge in [0.1, 0.15) is 11.6 Å². The molecule has 2 aromatic rings. The van der Waals surface area contributed by atoms with Crippen LogP contribution in [0.1, 0.15) is 20.3 Å². The largest absolute Gasteiger partial charge is 0.481 e. The van der Waals surface area contributed by atoms with Crippen molar-refractivity contribution < 1.29 is 13.9 Å². The van der Waals surface area contributed by atoms with Gasteiger partial charge < -0.3 is 4.74 Å². The molecule has 1 N–H and O–H groups in total. The monoisotopic (exact) mass is 341 g/mol. The van der Waals surface area contributed by atoms with Crippen LogP contribution in [0.25, 0.3) is 0 Å². The Morgan fingerprint density at radius 1 is 1.41 bits per heavy atom. The van der Waals surface area contributed by atoms with Crippen LogP contribution in [0.2, 0.25) is 0 Å². The molecule has 0 unspecified atom stereocenters. The molecule has 5 nitrogen and oxygen atoms in total. The fraction of sp³-hybridized carbons (Fsp3) is 0.357. The van der Waals surface area contributed by atoms with Crippen LogP contribution in [-0.2, 0) is 4.79 Å². The van der Waals surface area contributed by atoms with E-state index in [4.69, 9.17) is 4.74 Å². The molecule has 8 heteroatoms. The first kappa shape index (κ1) is 16.7. The maximum atomic E-state index is 12.8. The Morgan fingerprint density at radius 3 is 2.82 bits per heavy atom. The standard InChI is InChI=1S/C14H16FN3O2S2/c1-3-8-21-14-18-17-13(22-14)16-12(19)9(2)20-11-6-4-10(15)5-7-11/h4-7,9H,3,8H2,1-2H3,(H,16,17,19)/t9-/m0/s1. The van der Waals surface area contributed by atoms with Gasteiger partial charge in [-0.15, -0.1) is 10.2 Å². The van der Waals surface area contributed by atoms with E-state index in [2.05, 4.69) is 22.4 Å². The lowest BCUT2D eigenvalue weighted by Crippen LogP contribution is -2.30. The molecule has 2 rings (SSSR count). The van der Waals surface area contributed by atoms with E-state index >= 15 is 0 Å². The number of thioether (sulfide) groups is 1. The molecule has 0 saturated heterocycles. The zero-order valence-electron chi connectivity index (χ0n) is 12.2. The predicted molar refractivity (Wildman–Crippen MR) is 86.0 cm³/mol. The normalized spacial score (nSPS) is 12.0. The van der Waals surface area contributed by atoms with E-state index in [1.165, 1.54) is 35.6 Å². The molecule has 1 amide bonds. The van der Waals surface area contributed by atoms with Crippen LogP contribution in [0.5, 0.6) is 5.75 Å². The highest BCUT2D eigenvalue weighted by Crippen LogP contribution is 2.26.